The summed E-state index contributed by atoms with van der Waals surface area (Å²) in [5, 5.41) is 12.5. The first kappa shape index (κ1) is 24.5. The largest absolute Gasteiger partial charge is 0.483 e. The van der Waals surface area contributed by atoms with E-state index in [1.54, 1.807) is 31.3 Å². The number of halogens is 2. The van der Waals surface area contributed by atoms with E-state index in [1.807, 2.05) is 6.07 Å². The number of ether oxygens (including phenoxy) is 1. The predicted octanol–water partition coefficient (Wildman–Crippen LogP) is 3.46. The van der Waals surface area contributed by atoms with Crippen molar-refractivity contribution in [1.82, 2.24) is 9.88 Å². The molecule has 0 radical (unpaired) electrons. The summed E-state index contributed by atoms with van der Waals surface area (Å²) < 4.78 is 35.6. The molecule has 2 aliphatic heterocycles. The molecule has 1 aliphatic carbocycles. The first-order valence-electron chi connectivity index (χ1n) is 12.0. The average Bonchev–Trinajstić information content (AvgIpc) is 3.65. The van der Waals surface area contributed by atoms with Crippen LogP contribution in [0.1, 0.15) is 31.7 Å². The number of hydrogen-bond donors (Lipinski definition) is 1. The topological polar surface area (TPSA) is 120 Å². The number of nitrogens with one attached hydrogen (secondary N) is 1. The highest BCUT2D eigenvalue weighted by atomic mass is 19.3. The fraction of sp³-hybridized carbons (Fsp3) is 0.385. The summed E-state index contributed by atoms with van der Waals surface area (Å²) in [7, 11) is 0. The van der Waals surface area contributed by atoms with Crippen LogP contribution >= 0.6 is 0 Å². The first-order chi connectivity index (χ1) is 17.7. The lowest BCUT2D eigenvalue weighted by Crippen LogP contribution is -2.56. The summed E-state index contributed by atoms with van der Waals surface area (Å²) in [6.07, 6.45) is 1.71. The predicted molar refractivity (Wildman–Crippen MR) is 132 cm³/mol. The highest BCUT2D eigenvalue weighted by molar-refractivity contribution is 6.42. The smallest absolute Gasteiger partial charge is 0.301 e. The molecule has 2 fully saturated rings. The van der Waals surface area contributed by atoms with E-state index in [9.17, 15) is 14.9 Å². The molecule has 11 heteroatoms. The number of likely N-dealkylation sites (tertiary alicyclic amines) is 1. The van der Waals surface area contributed by atoms with Crippen LogP contribution in [0.5, 0.6) is 5.75 Å². The van der Waals surface area contributed by atoms with E-state index in [4.69, 9.17) is 4.74 Å². The number of aliphatic imine (C=N–C) groups is 2. The van der Waals surface area contributed by atoms with Crippen LogP contribution in [-0.4, -0.2) is 64.9 Å². The summed E-state index contributed by atoms with van der Waals surface area (Å²) in [5.74, 6) is -3.39. The van der Waals surface area contributed by atoms with Crippen LogP contribution in [0.15, 0.2) is 46.5 Å². The minimum Gasteiger partial charge on any atom is -0.483 e. The molecule has 1 saturated carbocycles. The van der Waals surface area contributed by atoms with Crippen LogP contribution in [0.25, 0.3) is 11.3 Å². The molecule has 3 heterocycles. The van der Waals surface area contributed by atoms with E-state index in [-0.39, 0.29) is 48.4 Å². The van der Waals surface area contributed by atoms with E-state index in [2.05, 4.69) is 20.3 Å². The average molecular weight is 507 g/mol. The number of benzene rings is 1. The number of amides is 2. The third kappa shape index (κ3) is 5.33. The quantitative estimate of drug-likeness (QED) is 0.644. The Morgan fingerprint density at radius 3 is 2.70 bits per heavy atom. The number of carbonyl (C=O) groups excluding carboxylic acids is 2. The molecule has 37 heavy (non-hydrogen) atoms. The molecule has 1 unspecified atom stereocenters. The highest BCUT2D eigenvalue weighted by Gasteiger charge is 2.48. The summed E-state index contributed by atoms with van der Waals surface area (Å²) in [6.45, 7) is 1.00. The van der Waals surface area contributed by atoms with Gasteiger partial charge in [0.15, 0.2) is 6.10 Å². The number of aromatic nitrogens is 1. The molecule has 5 rings (SSSR count). The van der Waals surface area contributed by atoms with Crippen LogP contribution in [-0.2, 0) is 9.59 Å². The van der Waals surface area contributed by atoms with Crippen molar-refractivity contribution < 1.29 is 23.1 Å². The molecule has 1 aromatic heterocycles. The Balaban J connectivity index is 1.28. The van der Waals surface area contributed by atoms with Crippen molar-refractivity contribution in [1.29, 1.82) is 5.26 Å². The van der Waals surface area contributed by atoms with Gasteiger partial charge in [-0.15, -0.1) is 0 Å². The molecule has 1 atom stereocenters. The van der Waals surface area contributed by atoms with Gasteiger partial charge in [-0.2, -0.15) is 5.26 Å². The third-order valence-corrected chi connectivity index (χ3v) is 6.46. The normalized spacial score (nSPS) is 20.5. The molecule has 0 bridgehead atoms. The van der Waals surface area contributed by atoms with Gasteiger partial charge in [-0.25, -0.2) is 13.8 Å². The number of anilines is 1. The lowest BCUT2D eigenvalue weighted by molar-refractivity contribution is -0.155. The van der Waals surface area contributed by atoms with E-state index in [0.29, 0.717) is 22.8 Å². The Kier molecular flexibility index (Phi) is 6.41. The van der Waals surface area contributed by atoms with Crippen LogP contribution in [0.4, 0.5) is 14.5 Å². The molecule has 1 saturated heterocycles. The summed E-state index contributed by atoms with van der Waals surface area (Å²) in [5.41, 5.74) is 1.91. The molecular formula is C26H24F2N6O3. The molecule has 0 spiro atoms. The van der Waals surface area contributed by atoms with Gasteiger partial charge < -0.3 is 15.0 Å². The van der Waals surface area contributed by atoms with Crippen molar-refractivity contribution in [2.24, 2.45) is 15.9 Å². The van der Waals surface area contributed by atoms with Crippen molar-refractivity contribution in [3.05, 3.63) is 42.1 Å². The number of hydrogen-bond acceptors (Lipinski definition) is 7. The zero-order chi connectivity index (χ0) is 26.2. The molecule has 3 aliphatic rings. The maximum atomic E-state index is 15.0. The van der Waals surface area contributed by atoms with Gasteiger partial charge in [-0.05, 0) is 50.1 Å². The number of rotatable bonds is 6. The zero-order valence-corrected chi connectivity index (χ0v) is 20.1. The van der Waals surface area contributed by atoms with Gasteiger partial charge in [0.05, 0.1) is 24.3 Å². The molecule has 190 valence electrons. The molecular weight excluding hydrogens is 482 g/mol. The Hall–Kier alpha value is -4.20. The molecule has 1 aromatic carbocycles. The maximum absolute atomic E-state index is 15.0. The summed E-state index contributed by atoms with van der Waals surface area (Å²) in [4.78, 5) is 38.0. The molecule has 1 N–H and O–H groups in total. The number of amidine groups is 1. The maximum Gasteiger partial charge on any atom is 0.301 e. The second-order valence-electron chi connectivity index (χ2n) is 9.32. The molecule has 2 aromatic rings. The highest BCUT2D eigenvalue weighted by Crippen LogP contribution is 2.34. The van der Waals surface area contributed by atoms with Crippen molar-refractivity contribution >= 4 is 29.0 Å². The third-order valence-electron chi connectivity index (χ3n) is 6.46. The molecule has 9 nitrogen and oxygen atoms in total. The van der Waals surface area contributed by atoms with Gasteiger partial charge in [0.1, 0.15) is 23.4 Å². The summed E-state index contributed by atoms with van der Waals surface area (Å²) in [6, 6.07) is 9.98. The Bertz CT molecular complexity index is 1360. The number of carbonyl (C=O) groups is 2. The molecule has 2 amide bonds. The Labute approximate surface area is 211 Å². The fourth-order valence-electron chi connectivity index (χ4n) is 4.28. The van der Waals surface area contributed by atoms with Crippen LogP contribution < -0.4 is 10.1 Å². The van der Waals surface area contributed by atoms with Gasteiger partial charge in [0.25, 0.3) is 5.91 Å². The van der Waals surface area contributed by atoms with Crippen molar-refractivity contribution in [3.8, 4) is 23.1 Å². The minimum absolute atomic E-state index is 0.0260. The van der Waals surface area contributed by atoms with E-state index < -0.39 is 24.5 Å². The van der Waals surface area contributed by atoms with Gasteiger partial charge in [-0.1, -0.05) is 0 Å². The van der Waals surface area contributed by atoms with Crippen LogP contribution in [0.3, 0.4) is 0 Å². The van der Waals surface area contributed by atoms with Gasteiger partial charge in [0, 0.05) is 36.3 Å². The second-order valence-corrected chi connectivity index (χ2v) is 9.32. The second kappa shape index (κ2) is 9.69. The number of piperidine rings is 1. The van der Waals surface area contributed by atoms with E-state index in [0.717, 1.165) is 17.7 Å². The lowest BCUT2D eigenvalue weighted by atomic mass is 10.0. The monoisotopic (exact) mass is 506 g/mol. The van der Waals surface area contributed by atoms with Crippen molar-refractivity contribution in [2.45, 2.75) is 38.2 Å². The van der Waals surface area contributed by atoms with E-state index in [1.165, 1.54) is 12.1 Å². The lowest BCUT2D eigenvalue weighted by Gasteiger charge is -2.38. The number of alkyl halides is 2. The fourth-order valence-corrected chi connectivity index (χ4v) is 4.28. The Morgan fingerprint density at radius 2 is 2.03 bits per heavy atom. The van der Waals surface area contributed by atoms with Crippen molar-refractivity contribution in [3.63, 3.8) is 0 Å². The number of pyridine rings is 1. The number of nitrogens with zero attached hydrogens (tertiary/aromatic N) is 5. The Morgan fingerprint density at radius 1 is 1.22 bits per heavy atom. The summed E-state index contributed by atoms with van der Waals surface area (Å²) >= 11 is 0. The number of nitriles is 1. The van der Waals surface area contributed by atoms with E-state index >= 15 is 8.78 Å². The zero-order valence-electron chi connectivity index (χ0n) is 20.1. The van der Waals surface area contributed by atoms with Gasteiger partial charge in [-0.3, -0.25) is 19.6 Å². The minimum atomic E-state index is -3.33. The van der Waals surface area contributed by atoms with Gasteiger partial charge >= 0.3 is 5.92 Å². The SMILES string of the molecule is CC1=NCC(C(=O)N2CCC(Oc3ccc(-c4cc(NC(=O)C5CC5)ccn4)cc3C#N)C(F)(F)C2)=N1. The van der Waals surface area contributed by atoms with Crippen molar-refractivity contribution in [2.75, 3.05) is 25.0 Å². The first-order valence-corrected chi connectivity index (χ1v) is 12.0. The standard InChI is InChI=1S/C26H24F2N6O3/c1-15-31-13-21(32-15)25(36)34-9-7-23(26(27,28)14-34)37-22-5-4-17(10-18(22)12-29)20-11-19(6-8-30-20)33-24(35)16-2-3-16/h4-6,8,10-11,16,23H,2-3,7,9,13-14H2,1H3,(H,30,33,35). The van der Waals surface area contributed by atoms with Crippen LogP contribution in [0, 0.1) is 17.2 Å². The van der Waals surface area contributed by atoms with Gasteiger partial charge in [0.2, 0.25) is 5.91 Å². The van der Waals surface area contributed by atoms with Crippen LogP contribution in [0.2, 0.25) is 0 Å².